The van der Waals surface area contributed by atoms with Crippen LogP contribution < -0.4 is 0 Å². The van der Waals surface area contributed by atoms with E-state index in [1.807, 2.05) is 12.1 Å². The number of benzene rings is 4. The minimum atomic E-state index is 0.714. The van der Waals surface area contributed by atoms with Gasteiger partial charge in [0.05, 0.1) is 0 Å². The van der Waals surface area contributed by atoms with Crippen molar-refractivity contribution < 1.29 is 0 Å². The van der Waals surface area contributed by atoms with Crippen LogP contribution in [0.5, 0.6) is 0 Å². The van der Waals surface area contributed by atoms with Gasteiger partial charge in [-0.2, -0.15) is 0 Å². The molecule has 0 saturated carbocycles. The molecule has 33 heavy (non-hydrogen) atoms. The molecule has 0 N–H and O–H groups in total. The third-order valence-electron chi connectivity index (χ3n) is 5.61. The largest absolute Gasteiger partial charge is 0.213 e. The summed E-state index contributed by atoms with van der Waals surface area (Å²) in [7, 11) is 0. The molecular weight excluding hydrogens is 402 g/mol. The number of rotatable bonds is 6. The second-order valence-corrected chi connectivity index (χ2v) is 8.04. The molecule has 0 fully saturated rings. The van der Waals surface area contributed by atoms with Gasteiger partial charge in [0.25, 0.3) is 0 Å². The SMILES string of the molecule is CCCc1nc(-c2cccc(-c3ccccc3)c2)nc(-c2cccc(-c3ccccc3)c2)n1. The van der Waals surface area contributed by atoms with E-state index in [1.165, 1.54) is 11.1 Å². The van der Waals surface area contributed by atoms with Crippen molar-refractivity contribution in [3.8, 4) is 45.0 Å². The maximum Gasteiger partial charge on any atom is 0.163 e. The van der Waals surface area contributed by atoms with Gasteiger partial charge in [0.1, 0.15) is 5.82 Å². The van der Waals surface area contributed by atoms with Crippen molar-refractivity contribution in [3.05, 3.63) is 115 Å². The summed E-state index contributed by atoms with van der Waals surface area (Å²) in [5.74, 6) is 2.26. The molecule has 160 valence electrons. The van der Waals surface area contributed by atoms with E-state index in [1.54, 1.807) is 0 Å². The second-order valence-electron chi connectivity index (χ2n) is 8.04. The first kappa shape index (κ1) is 20.8. The summed E-state index contributed by atoms with van der Waals surface area (Å²) in [4.78, 5) is 14.5. The average Bonchev–Trinajstić information content (AvgIpc) is 2.90. The quantitative estimate of drug-likeness (QED) is 0.282. The molecule has 1 aromatic heterocycles. The highest BCUT2D eigenvalue weighted by atomic mass is 15.0. The minimum Gasteiger partial charge on any atom is -0.213 e. The third kappa shape index (κ3) is 4.73. The van der Waals surface area contributed by atoms with Gasteiger partial charge in [-0.1, -0.05) is 104 Å². The highest BCUT2D eigenvalue weighted by Gasteiger charge is 2.12. The Morgan fingerprint density at radius 3 is 1.33 bits per heavy atom. The second kappa shape index (κ2) is 9.58. The van der Waals surface area contributed by atoms with E-state index in [-0.39, 0.29) is 0 Å². The van der Waals surface area contributed by atoms with Crippen molar-refractivity contribution >= 4 is 0 Å². The van der Waals surface area contributed by atoms with Gasteiger partial charge in [-0.25, -0.2) is 15.0 Å². The maximum atomic E-state index is 4.90. The van der Waals surface area contributed by atoms with Crippen molar-refractivity contribution in [1.29, 1.82) is 0 Å². The summed E-state index contributed by atoms with van der Waals surface area (Å²) in [6.45, 7) is 2.15. The fourth-order valence-corrected chi connectivity index (χ4v) is 3.95. The van der Waals surface area contributed by atoms with Crippen molar-refractivity contribution in [3.63, 3.8) is 0 Å². The van der Waals surface area contributed by atoms with Crippen molar-refractivity contribution in [2.24, 2.45) is 0 Å². The molecule has 5 rings (SSSR count). The van der Waals surface area contributed by atoms with E-state index < -0.39 is 0 Å². The Bertz CT molecular complexity index is 1260. The topological polar surface area (TPSA) is 38.7 Å². The normalized spacial score (nSPS) is 10.8. The summed E-state index contributed by atoms with van der Waals surface area (Å²) < 4.78 is 0. The summed E-state index contributed by atoms with van der Waals surface area (Å²) >= 11 is 0. The van der Waals surface area contributed by atoms with Crippen LogP contribution in [0.1, 0.15) is 19.2 Å². The summed E-state index contributed by atoms with van der Waals surface area (Å²) in [6, 6.07) is 37.6. The van der Waals surface area contributed by atoms with Crippen LogP contribution in [0, 0.1) is 0 Å². The molecule has 0 saturated heterocycles. The smallest absolute Gasteiger partial charge is 0.163 e. The van der Waals surface area contributed by atoms with Crippen LogP contribution in [0.25, 0.3) is 45.0 Å². The van der Waals surface area contributed by atoms with Crippen molar-refractivity contribution in [2.75, 3.05) is 0 Å². The molecule has 0 aliphatic rings. The molecule has 0 spiro atoms. The van der Waals surface area contributed by atoms with Crippen LogP contribution in [0.4, 0.5) is 0 Å². The average molecular weight is 428 g/mol. The lowest BCUT2D eigenvalue weighted by Gasteiger charge is -2.10. The standard InChI is InChI=1S/C30H25N3/c1-2-11-28-31-29(26-18-9-16-24(20-26)22-12-5-3-6-13-22)33-30(32-28)27-19-10-17-25(21-27)23-14-7-4-8-15-23/h3-10,12-21H,2,11H2,1H3. The zero-order valence-corrected chi connectivity index (χ0v) is 18.6. The lowest BCUT2D eigenvalue weighted by molar-refractivity contribution is 0.823. The summed E-state index contributed by atoms with van der Waals surface area (Å²) in [5.41, 5.74) is 6.65. The predicted molar refractivity (Wildman–Crippen MR) is 136 cm³/mol. The molecule has 3 heteroatoms. The van der Waals surface area contributed by atoms with Gasteiger partial charge in [-0.15, -0.1) is 0 Å². The molecule has 1 heterocycles. The van der Waals surface area contributed by atoms with Gasteiger partial charge in [0, 0.05) is 17.5 Å². The Hall–Kier alpha value is -4.11. The number of hydrogen-bond acceptors (Lipinski definition) is 3. The molecule has 5 aromatic rings. The van der Waals surface area contributed by atoms with Gasteiger partial charge in [-0.05, 0) is 40.8 Å². The highest BCUT2D eigenvalue weighted by molar-refractivity contribution is 5.73. The van der Waals surface area contributed by atoms with E-state index in [4.69, 9.17) is 15.0 Å². The van der Waals surface area contributed by atoms with Crippen LogP contribution in [-0.2, 0) is 6.42 Å². The zero-order valence-electron chi connectivity index (χ0n) is 18.6. The van der Waals surface area contributed by atoms with Crippen LogP contribution in [-0.4, -0.2) is 15.0 Å². The van der Waals surface area contributed by atoms with E-state index in [0.717, 1.165) is 40.9 Å². The van der Waals surface area contributed by atoms with Crippen molar-refractivity contribution in [2.45, 2.75) is 19.8 Å². The molecule has 0 atom stereocenters. The van der Waals surface area contributed by atoms with Gasteiger partial charge >= 0.3 is 0 Å². The molecule has 0 aliphatic heterocycles. The number of aromatic nitrogens is 3. The van der Waals surface area contributed by atoms with E-state index in [9.17, 15) is 0 Å². The van der Waals surface area contributed by atoms with E-state index in [0.29, 0.717) is 11.6 Å². The lowest BCUT2D eigenvalue weighted by Crippen LogP contribution is -2.03. The Balaban J connectivity index is 1.58. The van der Waals surface area contributed by atoms with E-state index in [2.05, 4.69) is 104 Å². The number of nitrogens with zero attached hydrogens (tertiary/aromatic N) is 3. The Kier molecular flexibility index (Phi) is 6.03. The first-order valence-corrected chi connectivity index (χ1v) is 11.4. The molecule has 0 aliphatic carbocycles. The van der Waals surface area contributed by atoms with Gasteiger partial charge < -0.3 is 0 Å². The molecule has 3 nitrogen and oxygen atoms in total. The fourth-order valence-electron chi connectivity index (χ4n) is 3.95. The molecule has 0 radical (unpaired) electrons. The molecule has 0 unspecified atom stereocenters. The number of aryl methyl sites for hydroxylation is 1. The van der Waals surface area contributed by atoms with Gasteiger partial charge in [0.15, 0.2) is 11.6 Å². The monoisotopic (exact) mass is 427 g/mol. The van der Waals surface area contributed by atoms with Gasteiger partial charge in [0.2, 0.25) is 0 Å². The van der Waals surface area contributed by atoms with Crippen LogP contribution in [0.2, 0.25) is 0 Å². The Morgan fingerprint density at radius 1 is 0.455 bits per heavy atom. The van der Waals surface area contributed by atoms with E-state index >= 15 is 0 Å². The first-order chi connectivity index (χ1) is 16.3. The maximum absolute atomic E-state index is 4.90. The highest BCUT2D eigenvalue weighted by Crippen LogP contribution is 2.28. The van der Waals surface area contributed by atoms with Crippen molar-refractivity contribution in [1.82, 2.24) is 15.0 Å². The zero-order chi connectivity index (χ0) is 22.5. The lowest BCUT2D eigenvalue weighted by atomic mass is 10.0. The Morgan fingerprint density at radius 2 is 0.879 bits per heavy atom. The van der Waals surface area contributed by atoms with Crippen LogP contribution in [0.15, 0.2) is 109 Å². The molecule has 0 amide bonds. The summed E-state index contributed by atoms with van der Waals surface area (Å²) in [6.07, 6.45) is 1.80. The predicted octanol–water partition coefficient (Wildman–Crippen LogP) is 7.49. The minimum absolute atomic E-state index is 0.714. The van der Waals surface area contributed by atoms with Crippen LogP contribution in [0.3, 0.4) is 0 Å². The molecule has 0 bridgehead atoms. The fraction of sp³-hybridized carbons (Fsp3) is 0.100. The molecule has 4 aromatic carbocycles. The summed E-state index contributed by atoms with van der Waals surface area (Å²) in [5, 5.41) is 0. The van der Waals surface area contributed by atoms with Crippen LogP contribution >= 0.6 is 0 Å². The Labute approximate surface area is 194 Å². The molecular formula is C30H25N3. The third-order valence-corrected chi connectivity index (χ3v) is 5.61. The first-order valence-electron chi connectivity index (χ1n) is 11.4. The number of hydrogen-bond donors (Lipinski definition) is 0. The van der Waals surface area contributed by atoms with Gasteiger partial charge in [-0.3, -0.25) is 0 Å².